The highest BCUT2D eigenvalue weighted by molar-refractivity contribution is 7.15. The molecule has 136 valence electrons. The van der Waals surface area contributed by atoms with Crippen molar-refractivity contribution in [2.75, 3.05) is 11.9 Å². The molecule has 0 bridgehead atoms. The average molecular weight is 374 g/mol. The van der Waals surface area contributed by atoms with Crippen LogP contribution < -0.4 is 11.0 Å². The number of ether oxygens (including phenoxy) is 1. The van der Waals surface area contributed by atoms with Gasteiger partial charge >= 0.3 is 11.7 Å². The van der Waals surface area contributed by atoms with Gasteiger partial charge in [-0.1, -0.05) is 6.07 Å². The summed E-state index contributed by atoms with van der Waals surface area (Å²) in [6.07, 6.45) is 1.59. The van der Waals surface area contributed by atoms with Crippen LogP contribution in [0.1, 0.15) is 35.8 Å². The summed E-state index contributed by atoms with van der Waals surface area (Å²) in [6, 6.07) is 4.31. The molecule has 1 N–H and O–H groups in total. The SMILES string of the molecule is CCOC(=O)c1c(C)csc1NC(=O)[C@@H](C)n1nc2ccccn2c1=O. The van der Waals surface area contributed by atoms with Gasteiger partial charge in [0.2, 0.25) is 5.91 Å². The van der Waals surface area contributed by atoms with Crippen molar-refractivity contribution in [2.24, 2.45) is 0 Å². The molecular weight excluding hydrogens is 356 g/mol. The maximum atomic E-state index is 12.6. The smallest absolute Gasteiger partial charge is 0.351 e. The molecule has 8 nitrogen and oxygen atoms in total. The summed E-state index contributed by atoms with van der Waals surface area (Å²) in [4.78, 5) is 37.1. The first-order valence-corrected chi connectivity index (χ1v) is 8.94. The van der Waals surface area contributed by atoms with Crippen molar-refractivity contribution in [3.05, 3.63) is 51.4 Å². The van der Waals surface area contributed by atoms with Crippen LogP contribution in [0.3, 0.4) is 0 Å². The molecule has 3 aromatic heterocycles. The summed E-state index contributed by atoms with van der Waals surface area (Å²) in [7, 11) is 0. The van der Waals surface area contributed by atoms with Crippen molar-refractivity contribution in [1.82, 2.24) is 14.2 Å². The number of thiophene rings is 1. The van der Waals surface area contributed by atoms with E-state index >= 15 is 0 Å². The third-order valence-electron chi connectivity index (χ3n) is 3.89. The van der Waals surface area contributed by atoms with E-state index in [2.05, 4.69) is 10.4 Å². The molecule has 3 aromatic rings. The molecular formula is C17H18N4O4S. The van der Waals surface area contributed by atoms with Gasteiger partial charge < -0.3 is 10.1 Å². The quantitative estimate of drug-likeness (QED) is 0.691. The molecule has 3 heterocycles. The largest absolute Gasteiger partial charge is 0.462 e. The number of esters is 1. The van der Waals surface area contributed by atoms with Crippen molar-refractivity contribution in [3.63, 3.8) is 0 Å². The molecule has 0 fully saturated rings. The number of hydrogen-bond donors (Lipinski definition) is 1. The monoisotopic (exact) mass is 374 g/mol. The van der Waals surface area contributed by atoms with Gasteiger partial charge in [0.05, 0.1) is 12.2 Å². The topological polar surface area (TPSA) is 94.7 Å². The van der Waals surface area contributed by atoms with Gasteiger partial charge in [-0.25, -0.2) is 14.3 Å². The number of aromatic nitrogens is 3. The van der Waals surface area contributed by atoms with E-state index in [4.69, 9.17) is 4.74 Å². The number of anilines is 1. The van der Waals surface area contributed by atoms with Crippen LogP contribution in [0, 0.1) is 6.92 Å². The van der Waals surface area contributed by atoms with Crippen molar-refractivity contribution in [1.29, 1.82) is 0 Å². The zero-order chi connectivity index (χ0) is 18.8. The molecule has 0 saturated heterocycles. The molecule has 0 aliphatic carbocycles. The Bertz CT molecular complexity index is 1030. The van der Waals surface area contributed by atoms with Gasteiger partial charge in [0.25, 0.3) is 0 Å². The molecule has 0 radical (unpaired) electrons. The fraction of sp³-hybridized carbons (Fsp3) is 0.294. The zero-order valence-electron chi connectivity index (χ0n) is 14.6. The van der Waals surface area contributed by atoms with Crippen LogP contribution in [0.5, 0.6) is 0 Å². The molecule has 3 rings (SSSR count). The summed E-state index contributed by atoms with van der Waals surface area (Å²) in [5, 5.41) is 9.06. The van der Waals surface area contributed by atoms with E-state index in [-0.39, 0.29) is 6.61 Å². The van der Waals surface area contributed by atoms with E-state index in [0.717, 1.165) is 10.2 Å². The third kappa shape index (κ3) is 3.13. The normalized spacial score (nSPS) is 12.1. The second-order valence-electron chi connectivity index (χ2n) is 5.66. The number of carbonyl (C=O) groups excluding carboxylic acids is 2. The fourth-order valence-electron chi connectivity index (χ4n) is 2.51. The standard InChI is InChI=1S/C17H18N4O4S/c1-4-25-16(23)13-10(2)9-26-15(13)18-14(22)11(3)21-17(24)20-8-6-5-7-12(20)19-21/h5-9,11H,4H2,1-3H3,(H,18,22)/t11-/m1/s1. The molecule has 0 aliphatic rings. The van der Waals surface area contributed by atoms with Crippen LogP contribution in [-0.4, -0.2) is 32.7 Å². The van der Waals surface area contributed by atoms with Gasteiger partial charge in [-0.2, -0.15) is 0 Å². The fourth-order valence-corrected chi connectivity index (χ4v) is 3.45. The first kappa shape index (κ1) is 17.9. The predicted octanol–water partition coefficient (Wildman–Crippen LogP) is 2.24. The van der Waals surface area contributed by atoms with E-state index in [1.165, 1.54) is 15.7 Å². The van der Waals surface area contributed by atoms with E-state index in [0.29, 0.717) is 16.2 Å². The van der Waals surface area contributed by atoms with E-state index < -0.39 is 23.6 Å². The Morgan fingerprint density at radius 2 is 2.15 bits per heavy atom. The highest BCUT2D eigenvalue weighted by Crippen LogP contribution is 2.29. The lowest BCUT2D eigenvalue weighted by Gasteiger charge is -2.12. The summed E-state index contributed by atoms with van der Waals surface area (Å²) in [5.41, 5.74) is 1.11. The van der Waals surface area contributed by atoms with Crippen molar-refractivity contribution in [3.8, 4) is 0 Å². The minimum absolute atomic E-state index is 0.245. The lowest BCUT2D eigenvalue weighted by molar-refractivity contribution is -0.119. The molecule has 9 heteroatoms. The van der Waals surface area contributed by atoms with Crippen LogP contribution >= 0.6 is 11.3 Å². The first-order chi connectivity index (χ1) is 12.4. The summed E-state index contributed by atoms with van der Waals surface area (Å²) in [5.74, 6) is -0.929. The molecule has 0 aromatic carbocycles. The predicted molar refractivity (Wildman–Crippen MR) is 97.8 cm³/mol. The number of nitrogens with one attached hydrogen (secondary N) is 1. The lowest BCUT2D eigenvalue weighted by Crippen LogP contribution is -2.32. The lowest BCUT2D eigenvalue weighted by atomic mass is 10.2. The van der Waals surface area contributed by atoms with Crippen molar-refractivity contribution >= 4 is 33.9 Å². The zero-order valence-corrected chi connectivity index (χ0v) is 15.4. The first-order valence-electron chi connectivity index (χ1n) is 8.06. The number of nitrogens with zero attached hydrogens (tertiary/aromatic N) is 3. The highest BCUT2D eigenvalue weighted by Gasteiger charge is 2.24. The summed E-state index contributed by atoms with van der Waals surface area (Å²) >= 11 is 1.23. The number of aryl methyl sites for hydroxylation is 1. The van der Waals surface area contributed by atoms with Gasteiger partial charge in [-0.15, -0.1) is 16.4 Å². The Balaban J connectivity index is 1.87. The molecule has 1 amide bonds. The maximum Gasteiger partial charge on any atom is 0.351 e. The van der Waals surface area contributed by atoms with E-state index in [9.17, 15) is 14.4 Å². The Hall–Kier alpha value is -2.94. The molecule has 26 heavy (non-hydrogen) atoms. The molecule has 0 unspecified atom stereocenters. The van der Waals surface area contributed by atoms with Crippen molar-refractivity contribution in [2.45, 2.75) is 26.8 Å². The number of pyridine rings is 1. The molecule has 1 atom stereocenters. The van der Waals surface area contributed by atoms with Crippen LogP contribution in [0.2, 0.25) is 0 Å². The minimum atomic E-state index is -0.847. The Labute approximate surface area is 153 Å². The summed E-state index contributed by atoms with van der Waals surface area (Å²) in [6.45, 7) is 5.31. The number of fused-ring (bicyclic) bond motifs is 1. The van der Waals surface area contributed by atoms with Crippen LogP contribution in [-0.2, 0) is 9.53 Å². The Kier molecular flexibility index (Phi) is 4.90. The highest BCUT2D eigenvalue weighted by atomic mass is 32.1. The number of rotatable bonds is 5. The van der Waals surface area contributed by atoms with Gasteiger partial charge in [0.15, 0.2) is 5.65 Å². The molecule has 0 aliphatic heterocycles. The minimum Gasteiger partial charge on any atom is -0.462 e. The maximum absolute atomic E-state index is 12.6. The Morgan fingerprint density at radius 1 is 1.38 bits per heavy atom. The van der Waals surface area contributed by atoms with Crippen molar-refractivity contribution < 1.29 is 14.3 Å². The van der Waals surface area contributed by atoms with Gasteiger partial charge in [0.1, 0.15) is 11.0 Å². The molecule has 0 saturated carbocycles. The second kappa shape index (κ2) is 7.12. The second-order valence-corrected chi connectivity index (χ2v) is 6.54. The Morgan fingerprint density at radius 3 is 2.85 bits per heavy atom. The van der Waals surface area contributed by atoms with Crippen LogP contribution in [0.4, 0.5) is 5.00 Å². The number of amides is 1. The van der Waals surface area contributed by atoms with Gasteiger partial charge in [0, 0.05) is 6.20 Å². The number of hydrogen-bond acceptors (Lipinski definition) is 6. The van der Waals surface area contributed by atoms with Gasteiger partial charge in [-0.05, 0) is 43.8 Å². The summed E-state index contributed by atoms with van der Waals surface area (Å²) < 4.78 is 7.52. The van der Waals surface area contributed by atoms with Gasteiger partial charge in [-0.3, -0.25) is 9.20 Å². The number of carbonyl (C=O) groups is 2. The average Bonchev–Trinajstić information content (AvgIpc) is 3.15. The van der Waals surface area contributed by atoms with E-state index in [1.54, 1.807) is 50.5 Å². The molecule has 0 spiro atoms. The third-order valence-corrected chi connectivity index (χ3v) is 4.90. The van der Waals surface area contributed by atoms with E-state index in [1.807, 2.05) is 0 Å². The van der Waals surface area contributed by atoms with Crippen LogP contribution in [0.15, 0.2) is 34.6 Å². The van der Waals surface area contributed by atoms with Crippen LogP contribution in [0.25, 0.3) is 5.65 Å².